The number of benzene rings is 1. The van der Waals surface area contributed by atoms with E-state index in [1.54, 1.807) is 11.6 Å². The molecule has 1 aliphatic rings. The van der Waals surface area contributed by atoms with Crippen molar-refractivity contribution < 1.29 is 9.84 Å². The zero-order valence-corrected chi connectivity index (χ0v) is 18.1. The lowest BCUT2D eigenvalue weighted by molar-refractivity contribution is 0.0195. The van der Waals surface area contributed by atoms with Gasteiger partial charge < -0.3 is 20.5 Å². The van der Waals surface area contributed by atoms with Crippen LogP contribution in [0.15, 0.2) is 35.6 Å². The second-order valence-electron chi connectivity index (χ2n) is 8.26. The van der Waals surface area contributed by atoms with E-state index in [2.05, 4.69) is 25.8 Å². The lowest BCUT2D eigenvalue weighted by Crippen LogP contribution is -2.36. The highest BCUT2D eigenvalue weighted by atomic mass is 16.5. The van der Waals surface area contributed by atoms with Crippen LogP contribution in [0.25, 0.3) is 16.6 Å². The summed E-state index contributed by atoms with van der Waals surface area (Å²) in [5.41, 5.74) is 10.9. The number of nitrogens with zero attached hydrogens (tertiary/aromatic N) is 4. The van der Waals surface area contributed by atoms with Crippen molar-refractivity contribution in [2.45, 2.75) is 51.2 Å². The van der Waals surface area contributed by atoms with Gasteiger partial charge in [0.15, 0.2) is 0 Å². The number of nitrogens with one attached hydrogen (secondary N) is 3. The summed E-state index contributed by atoms with van der Waals surface area (Å²) in [5, 5.41) is 25.1. The van der Waals surface area contributed by atoms with Crippen molar-refractivity contribution in [3.63, 3.8) is 0 Å². The molecule has 164 valence electrons. The first-order valence-electron chi connectivity index (χ1n) is 10.6. The molecule has 2 aromatic heterocycles. The summed E-state index contributed by atoms with van der Waals surface area (Å²) >= 11 is 0. The average molecular weight is 424 g/mol. The van der Waals surface area contributed by atoms with E-state index in [9.17, 15) is 5.11 Å². The second-order valence-corrected chi connectivity index (χ2v) is 8.26. The third kappa shape index (κ3) is 4.32. The molecule has 0 unspecified atom stereocenters. The molecule has 2 heterocycles. The molecule has 4 rings (SSSR count). The van der Waals surface area contributed by atoms with E-state index in [1.807, 2.05) is 44.3 Å². The summed E-state index contributed by atoms with van der Waals surface area (Å²) in [5.74, 6) is 0.995. The summed E-state index contributed by atoms with van der Waals surface area (Å²) in [4.78, 5) is 4.61. The van der Waals surface area contributed by atoms with Crippen LogP contribution in [0.5, 0.6) is 5.88 Å². The minimum absolute atomic E-state index is 0.223. The number of ether oxygens (including phenoxy) is 1. The smallest absolute Gasteiger partial charge is 0.244 e. The van der Waals surface area contributed by atoms with E-state index >= 15 is 0 Å². The second kappa shape index (κ2) is 8.50. The molecule has 0 bridgehead atoms. The Morgan fingerprint density at radius 1 is 1.32 bits per heavy atom. The Hall–Kier alpha value is -3.20. The van der Waals surface area contributed by atoms with Crippen LogP contribution in [0.3, 0.4) is 0 Å². The Kier molecular flexibility index (Phi) is 5.77. The highest BCUT2D eigenvalue weighted by Crippen LogP contribution is 2.36. The predicted octanol–water partition coefficient (Wildman–Crippen LogP) is 4.60. The van der Waals surface area contributed by atoms with Crippen LogP contribution in [-0.2, 0) is 0 Å². The van der Waals surface area contributed by atoms with Crippen molar-refractivity contribution in [3.8, 4) is 17.0 Å². The van der Waals surface area contributed by atoms with E-state index in [4.69, 9.17) is 10.3 Å². The zero-order chi connectivity index (χ0) is 22.0. The molecule has 31 heavy (non-hydrogen) atoms. The molecule has 0 aliphatic heterocycles. The highest BCUT2D eigenvalue weighted by Gasteiger charge is 2.29. The van der Waals surface area contributed by atoms with Gasteiger partial charge in [-0.05, 0) is 63.3 Å². The average Bonchev–Trinajstić information content (AvgIpc) is 3.19. The number of rotatable bonds is 7. The molecule has 4 N–H and O–H groups in total. The van der Waals surface area contributed by atoms with Gasteiger partial charge in [0.1, 0.15) is 11.2 Å². The molecule has 1 saturated carbocycles. The molecule has 0 radical (unpaired) electrons. The third-order valence-electron chi connectivity index (χ3n) is 5.86. The number of hydrogen-bond acceptors (Lipinski definition) is 8. The third-order valence-corrected chi connectivity index (χ3v) is 5.86. The summed E-state index contributed by atoms with van der Waals surface area (Å²) in [6.45, 7) is 4.63. The maximum atomic E-state index is 10.2. The molecule has 9 heteroatoms. The van der Waals surface area contributed by atoms with Gasteiger partial charge in [0, 0.05) is 24.3 Å². The number of aliphatic hydroxyl groups is 1. The van der Waals surface area contributed by atoms with E-state index in [-0.39, 0.29) is 6.04 Å². The fourth-order valence-electron chi connectivity index (χ4n) is 4.13. The van der Waals surface area contributed by atoms with Crippen molar-refractivity contribution >= 4 is 22.8 Å². The minimum atomic E-state index is -0.579. The van der Waals surface area contributed by atoms with Gasteiger partial charge >= 0.3 is 0 Å². The van der Waals surface area contributed by atoms with Crippen LogP contribution in [0.2, 0.25) is 0 Å². The largest absolute Gasteiger partial charge is 0.479 e. The highest BCUT2D eigenvalue weighted by molar-refractivity contribution is 5.87. The van der Waals surface area contributed by atoms with Crippen LogP contribution in [-0.4, -0.2) is 45.0 Å². The molecule has 0 amide bonds. The van der Waals surface area contributed by atoms with Crippen LogP contribution in [0.1, 0.15) is 39.5 Å². The lowest BCUT2D eigenvalue weighted by Gasteiger charge is -2.33. The van der Waals surface area contributed by atoms with Gasteiger partial charge in [-0.1, -0.05) is 6.07 Å². The molecule has 1 aromatic carbocycles. The van der Waals surface area contributed by atoms with E-state index in [0.29, 0.717) is 17.5 Å². The lowest BCUT2D eigenvalue weighted by atomic mass is 9.84. The SMILES string of the molecule is CCNc1cc(-c2ccn3nc(NC4CCC(C)(O)CC4)nc(OC)c23)ccc1N=N. The Balaban J connectivity index is 1.67. The molecule has 9 nitrogen and oxygen atoms in total. The van der Waals surface area contributed by atoms with Crippen molar-refractivity contribution in [1.82, 2.24) is 14.6 Å². The molecule has 1 fully saturated rings. The summed E-state index contributed by atoms with van der Waals surface area (Å²) < 4.78 is 7.39. The van der Waals surface area contributed by atoms with E-state index in [1.165, 1.54) is 0 Å². The van der Waals surface area contributed by atoms with Gasteiger partial charge in [0.25, 0.3) is 0 Å². The topological polar surface area (TPSA) is 120 Å². The molecular weight excluding hydrogens is 394 g/mol. The molecule has 0 spiro atoms. The molecule has 3 aromatic rings. The van der Waals surface area contributed by atoms with Gasteiger partial charge in [-0.2, -0.15) is 10.1 Å². The Labute approximate surface area is 181 Å². The number of anilines is 2. The van der Waals surface area contributed by atoms with Crippen LogP contribution < -0.4 is 15.4 Å². The van der Waals surface area contributed by atoms with Crippen LogP contribution in [0.4, 0.5) is 17.3 Å². The Morgan fingerprint density at radius 2 is 2.10 bits per heavy atom. The van der Waals surface area contributed by atoms with Gasteiger partial charge in [-0.3, -0.25) is 0 Å². The number of methoxy groups -OCH3 is 1. The quantitative estimate of drug-likeness (QED) is 0.412. The first kappa shape index (κ1) is 21.0. The maximum Gasteiger partial charge on any atom is 0.244 e. The fraction of sp³-hybridized carbons (Fsp3) is 0.455. The zero-order valence-electron chi connectivity index (χ0n) is 18.1. The van der Waals surface area contributed by atoms with Crippen LogP contribution in [0, 0.1) is 5.53 Å². The first-order valence-corrected chi connectivity index (χ1v) is 10.6. The molecule has 0 atom stereocenters. The normalized spacial score (nSPS) is 21.1. The van der Waals surface area contributed by atoms with Crippen molar-refractivity contribution in [2.75, 3.05) is 24.3 Å². The van der Waals surface area contributed by atoms with Gasteiger partial charge in [0.2, 0.25) is 11.8 Å². The van der Waals surface area contributed by atoms with Gasteiger partial charge in [-0.25, -0.2) is 10.0 Å². The number of aromatic nitrogens is 3. The van der Waals surface area contributed by atoms with Crippen molar-refractivity contribution in [1.29, 1.82) is 5.53 Å². The number of fused-ring (bicyclic) bond motifs is 1. The summed E-state index contributed by atoms with van der Waals surface area (Å²) in [6, 6.07) is 7.94. The Bertz CT molecular complexity index is 1080. The monoisotopic (exact) mass is 423 g/mol. The van der Waals surface area contributed by atoms with Gasteiger partial charge in [0.05, 0.1) is 18.4 Å². The molecule has 0 saturated heterocycles. The molecular formula is C22H29N7O2. The van der Waals surface area contributed by atoms with Crippen molar-refractivity contribution in [2.24, 2.45) is 5.11 Å². The summed E-state index contributed by atoms with van der Waals surface area (Å²) in [7, 11) is 1.60. The Morgan fingerprint density at radius 3 is 2.77 bits per heavy atom. The minimum Gasteiger partial charge on any atom is -0.479 e. The standard InChI is InChI=1S/C22H29N7O2/c1-4-24-18-13-14(5-6-17(18)27-23)16-9-12-29-19(16)20(31-3)26-21(28-29)25-15-7-10-22(2,30)11-8-15/h5-6,9,12-13,15,23-24,30H,4,7-8,10-11H2,1-3H3,(H,25,28). The fourth-order valence-corrected chi connectivity index (χ4v) is 4.13. The predicted molar refractivity (Wildman–Crippen MR) is 120 cm³/mol. The summed E-state index contributed by atoms with van der Waals surface area (Å²) in [6.07, 6.45) is 5.14. The number of hydrogen-bond donors (Lipinski definition) is 4. The van der Waals surface area contributed by atoms with Gasteiger partial charge in [-0.15, -0.1) is 5.10 Å². The van der Waals surface area contributed by atoms with E-state index in [0.717, 1.165) is 54.6 Å². The van der Waals surface area contributed by atoms with Crippen LogP contribution >= 0.6 is 0 Å². The van der Waals surface area contributed by atoms with Crippen molar-refractivity contribution in [3.05, 3.63) is 30.5 Å². The van der Waals surface area contributed by atoms with E-state index < -0.39 is 5.60 Å². The molecule has 1 aliphatic carbocycles. The first-order chi connectivity index (χ1) is 14.9. The maximum absolute atomic E-state index is 10.2.